The van der Waals surface area contributed by atoms with Crippen molar-refractivity contribution in [3.8, 4) is 0 Å². The number of carboxylic acid groups (broad SMARTS) is 1. The zero-order valence-corrected chi connectivity index (χ0v) is 8.18. The number of nitrogens with one attached hydrogen (secondary N) is 1. The molecule has 1 heterocycles. The zero-order chi connectivity index (χ0) is 8.97. The molecule has 0 saturated carbocycles. The smallest absolute Gasteiger partial charge is 0.332 e. The van der Waals surface area contributed by atoms with Crippen molar-refractivity contribution >= 4 is 38.4 Å². The fourth-order valence-corrected chi connectivity index (χ4v) is 1.56. The topological polar surface area (TPSA) is 71.5 Å². The van der Waals surface area contributed by atoms with Gasteiger partial charge in [0.05, 0.1) is 0 Å². The molecule has 66 valence electrons. The first-order chi connectivity index (χ1) is 5.68. The number of hydrogen-bond donors (Lipinski definition) is 2. The summed E-state index contributed by atoms with van der Waals surface area (Å²) in [5.74, 6) is -1.03. The molecule has 2 N–H and O–H groups in total. The number of carbonyl (C=O) groups is 1. The molecule has 0 saturated heterocycles. The molecular formula is C5H5BrN2O3S. The third-order valence-electron chi connectivity index (χ3n) is 0.831. The maximum atomic E-state index is 10.0. The number of aliphatic carboxylic acids is 1. The number of carboxylic acids is 1. The number of anilines is 1. The van der Waals surface area contributed by atoms with E-state index in [0.29, 0.717) is 9.73 Å². The number of rotatable bonds is 4. The van der Waals surface area contributed by atoms with Gasteiger partial charge in [-0.1, -0.05) is 0 Å². The van der Waals surface area contributed by atoms with Gasteiger partial charge in [-0.3, -0.25) is 4.84 Å². The summed E-state index contributed by atoms with van der Waals surface area (Å²) >= 11 is 4.45. The fraction of sp³-hybridized carbons (Fsp3) is 0.200. The van der Waals surface area contributed by atoms with Gasteiger partial charge in [-0.05, 0) is 15.9 Å². The highest BCUT2D eigenvalue weighted by Crippen LogP contribution is 2.18. The Morgan fingerprint density at radius 3 is 3.17 bits per heavy atom. The van der Waals surface area contributed by atoms with Crippen LogP contribution in [-0.2, 0) is 9.63 Å². The van der Waals surface area contributed by atoms with Crippen molar-refractivity contribution in [2.75, 3.05) is 12.1 Å². The monoisotopic (exact) mass is 252 g/mol. The van der Waals surface area contributed by atoms with Crippen LogP contribution in [0.1, 0.15) is 0 Å². The molecule has 1 aromatic heterocycles. The minimum Gasteiger partial charge on any atom is -0.479 e. The van der Waals surface area contributed by atoms with Crippen molar-refractivity contribution < 1.29 is 14.7 Å². The molecule has 0 amide bonds. The van der Waals surface area contributed by atoms with Crippen LogP contribution in [0.4, 0.5) is 5.13 Å². The second-order valence-electron chi connectivity index (χ2n) is 1.76. The van der Waals surface area contributed by atoms with E-state index in [9.17, 15) is 4.79 Å². The Morgan fingerprint density at radius 2 is 2.67 bits per heavy atom. The SMILES string of the molecule is O=C(O)CONc1nc(Br)cs1. The molecule has 0 aliphatic rings. The van der Waals surface area contributed by atoms with E-state index >= 15 is 0 Å². The van der Waals surface area contributed by atoms with E-state index < -0.39 is 12.6 Å². The number of aromatic nitrogens is 1. The third kappa shape index (κ3) is 3.16. The molecule has 12 heavy (non-hydrogen) atoms. The first-order valence-corrected chi connectivity index (χ1v) is 4.56. The third-order valence-corrected chi connectivity index (χ3v) is 2.28. The lowest BCUT2D eigenvalue weighted by Crippen LogP contribution is -2.10. The molecule has 5 nitrogen and oxygen atoms in total. The normalized spacial score (nSPS) is 9.75. The van der Waals surface area contributed by atoms with Gasteiger partial charge in [0.1, 0.15) is 4.60 Å². The van der Waals surface area contributed by atoms with Gasteiger partial charge in [0.2, 0.25) is 5.13 Å². The number of halogens is 1. The molecule has 0 spiro atoms. The number of nitrogens with zero attached hydrogens (tertiary/aromatic N) is 1. The molecule has 0 unspecified atom stereocenters. The molecule has 0 fully saturated rings. The quantitative estimate of drug-likeness (QED) is 0.792. The lowest BCUT2D eigenvalue weighted by molar-refractivity contribution is -0.141. The molecule has 0 aliphatic heterocycles. The fourth-order valence-electron chi connectivity index (χ4n) is 0.461. The summed E-state index contributed by atoms with van der Waals surface area (Å²) in [6, 6.07) is 0. The summed E-state index contributed by atoms with van der Waals surface area (Å²) < 4.78 is 0.689. The molecule has 0 radical (unpaired) electrons. The van der Waals surface area contributed by atoms with Crippen LogP contribution in [0, 0.1) is 0 Å². The van der Waals surface area contributed by atoms with Crippen LogP contribution >= 0.6 is 27.3 Å². The maximum Gasteiger partial charge on any atom is 0.332 e. The van der Waals surface area contributed by atoms with Gasteiger partial charge in [-0.2, -0.15) is 0 Å². The molecule has 0 atom stereocenters. The second kappa shape index (κ2) is 4.39. The molecule has 1 aromatic rings. The summed E-state index contributed by atoms with van der Waals surface area (Å²) in [5.41, 5.74) is 2.39. The van der Waals surface area contributed by atoms with E-state index in [0.717, 1.165) is 0 Å². The van der Waals surface area contributed by atoms with Crippen molar-refractivity contribution in [2.45, 2.75) is 0 Å². The summed E-state index contributed by atoms with van der Waals surface area (Å²) in [4.78, 5) is 18.5. The highest BCUT2D eigenvalue weighted by molar-refractivity contribution is 9.10. The largest absolute Gasteiger partial charge is 0.479 e. The number of thiazole rings is 1. The van der Waals surface area contributed by atoms with Crippen LogP contribution in [0.15, 0.2) is 9.98 Å². The van der Waals surface area contributed by atoms with E-state index in [1.165, 1.54) is 11.3 Å². The van der Waals surface area contributed by atoms with Gasteiger partial charge in [-0.25, -0.2) is 15.3 Å². The van der Waals surface area contributed by atoms with Crippen LogP contribution in [0.2, 0.25) is 0 Å². The highest BCUT2D eigenvalue weighted by Gasteiger charge is 2.00. The van der Waals surface area contributed by atoms with Crippen molar-refractivity contribution in [3.05, 3.63) is 9.98 Å². The average Bonchev–Trinajstić information content (AvgIpc) is 2.35. The van der Waals surface area contributed by atoms with Crippen molar-refractivity contribution in [1.29, 1.82) is 0 Å². The highest BCUT2D eigenvalue weighted by atomic mass is 79.9. The van der Waals surface area contributed by atoms with Crippen LogP contribution in [0.3, 0.4) is 0 Å². The predicted molar refractivity (Wildman–Crippen MR) is 47.0 cm³/mol. The van der Waals surface area contributed by atoms with Crippen molar-refractivity contribution in [1.82, 2.24) is 4.98 Å². The molecular weight excluding hydrogens is 248 g/mol. The average molecular weight is 253 g/mol. The lowest BCUT2D eigenvalue weighted by Gasteiger charge is -1.98. The summed E-state index contributed by atoms with van der Waals surface area (Å²) in [5, 5.41) is 10.5. The summed E-state index contributed by atoms with van der Waals surface area (Å²) in [6.07, 6.45) is 0. The van der Waals surface area contributed by atoms with Crippen LogP contribution in [-0.4, -0.2) is 22.7 Å². The van der Waals surface area contributed by atoms with Gasteiger partial charge >= 0.3 is 5.97 Å². The van der Waals surface area contributed by atoms with E-state index in [2.05, 4.69) is 31.2 Å². The Morgan fingerprint density at radius 1 is 1.92 bits per heavy atom. The van der Waals surface area contributed by atoms with E-state index in [1.54, 1.807) is 5.38 Å². The standard InChI is InChI=1S/C5H5BrN2O3S/c6-3-2-12-5(7-3)8-11-1-4(9)10/h2H,1H2,(H,7,8)(H,9,10). The van der Waals surface area contributed by atoms with Gasteiger partial charge in [0.15, 0.2) is 6.61 Å². The minimum absolute atomic E-state index is 0.392. The van der Waals surface area contributed by atoms with Crippen LogP contribution < -0.4 is 5.48 Å². The van der Waals surface area contributed by atoms with Crippen LogP contribution in [0.5, 0.6) is 0 Å². The second-order valence-corrected chi connectivity index (χ2v) is 3.43. The van der Waals surface area contributed by atoms with Crippen LogP contribution in [0.25, 0.3) is 0 Å². The van der Waals surface area contributed by atoms with Gasteiger partial charge in [-0.15, -0.1) is 11.3 Å². The molecule has 0 aliphatic carbocycles. The molecule has 0 bridgehead atoms. The summed E-state index contributed by atoms with van der Waals surface area (Å²) in [7, 11) is 0. The zero-order valence-electron chi connectivity index (χ0n) is 5.78. The van der Waals surface area contributed by atoms with Crippen molar-refractivity contribution in [2.24, 2.45) is 0 Å². The van der Waals surface area contributed by atoms with Gasteiger partial charge in [0, 0.05) is 5.38 Å². The van der Waals surface area contributed by atoms with Gasteiger partial charge < -0.3 is 5.11 Å². The predicted octanol–water partition coefficient (Wildman–Crippen LogP) is 1.33. The first kappa shape index (κ1) is 9.43. The molecule has 0 aromatic carbocycles. The maximum absolute atomic E-state index is 10.0. The minimum atomic E-state index is -1.03. The Kier molecular flexibility index (Phi) is 3.45. The van der Waals surface area contributed by atoms with E-state index in [4.69, 9.17) is 5.11 Å². The van der Waals surface area contributed by atoms with E-state index in [1.807, 2.05) is 0 Å². The Bertz CT molecular complexity index is 277. The lowest BCUT2D eigenvalue weighted by atomic mass is 10.8. The Labute approximate surface area is 80.5 Å². The van der Waals surface area contributed by atoms with Gasteiger partial charge in [0.25, 0.3) is 0 Å². The Hall–Kier alpha value is -0.660. The number of hydrogen-bond acceptors (Lipinski definition) is 5. The van der Waals surface area contributed by atoms with E-state index in [-0.39, 0.29) is 0 Å². The summed E-state index contributed by atoms with van der Waals surface area (Å²) in [6.45, 7) is -0.392. The Balaban J connectivity index is 2.29. The first-order valence-electron chi connectivity index (χ1n) is 2.89. The molecule has 7 heteroatoms. The van der Waals surface area contributed by atoms with Crippen molar-refractivity contribution in [3.63, 3.8) is 0 Å². The molecule has 1 rings (SSSR count).